The van der Waals surface area contributed by atoms with E-state index in [4.69, 9.17) is 0 Å². The number of H-pyrrole nitrogens is 1. The summed E-state index contributed by atoms with van der Waals surface area (Å²) in [7, 11) is 0. The van der Waals surface area contributed by atoms with Gasteiger partial charge in [-0.1, -0.05) is 42.5 Å². The number of fused-ring (bicyclic) bond motifs is 2. The monoisotopic (exact) mass is 292 g/mol. The highest BCUT2D eigenvalue weighted by Crippen LogP contribution is 2.26. The van der Waals surface area contributed by atoms with Crippen LogP contribution in [0.1, 0.15) is 22.8 Å². The third-order valence-corrected chi connectivity index (χ3v) is 4.62. The number of aliphatic hydroxyl groups excluding tert-OH is 1. The lowest BCUT2D eigenvalue weighted by Gasteiger charge is -2.30. The van der Waals surface area contributed by atoms with E-state index in [9.17, 15) is 5.11 Å². The van der Waals surface area contributed by atoms with Crippen molar-refractivity contribution in [3.8, 4) is 0 Å². The average molecular weight is 292 g/mol. The zero-order chi connectivity index (χ0) is 14.9. The predicted octanol–water partition coefficient (Wildman–Crippen LogP) is 3.26. The van der Waals surface area contributed by atoms with Crippen LogP contribution in [0, 0.1) is 0 Å². The molecule has 0 aliphatic carbocycles. The molecule has 3 nitrogen and oxygen atoms in total. The van der Waals surface area contributed by atoms with Crippen LogP contribution in [0.2, 0.25) is 0 Å². The first-order chi connectivity index (χ1) is 10.8. The number of benzene rings is 2. The van der Waals surface area contributed by atoms with Crippen LogP contribution < -0.4 is 0 Å². The van der Waals surface area contributed by atoms with E-state index in [1.165, 1.54) is 11.1 Å². The summed E-state index contributed by atoms with van der Waals surface area (Å²) in [6.45, 7) is 2.61. The molecule has 1 aliphatic rings. The molecule has 22 heavy (non-hydrogen) atoms. The number of nitrogens with one attached hydrogen (secondary N) is 1. The molecule has 2 aromatic carbocycles. The van der Waals surface area contributed by atoms with Crippen LogP contribution in [0.5, 0.6) is 0 Å². The molecular weight excluding hydrogens is 272 g/mol. The summed E-state index contributed by atoms with van der Waals surface area (Å²) < 4.78 is 0. The van der Waals surface area contributed by atoms with Gasteiger partial charge in [-0.15, -0.1) is 0 Å². The molecule has 0 amide bonds. The Morgan fingerprint density at radius 3 is 2.73 bits per heavy atom. The molecule has 0 radical (unpaired) electrons. The number of rotatable bonds is 3. The zero-order valence-electron chi connectivity index (χ0n) is 12.5. The van der Waals surface area contributed by atoms with Crippen molar-refractivity contribution in [1.29, 1.82) is 0 Å². The van der Waals surface area contributed by atoms with Gasteiger partial charge in [0, 0.05) is 42.3 Å². The fourth-order valence-electron chi connectivity index (χ4n) is 3.42. The molecule has 4 rings (SSSR count). The van der Waals surface area contributed by atoms with E-state index < -0.39 is 6.10 Å². The second-order valence-electron chi connectivity index (χ2n) is 6.06. The van der Waals surface area contributed by atoms with Crippen LogP contribution in [0.4, 0.5) is 0 Å². The fraction of sp³-hybridized carbons (Fsp3) is 0.263. The lowest BCUT2D eigenvalue weighted by atomic mass is 9.99. The van der Waals surface area contributed by atoms with Crippen LogP contribution >= 0.6 is 0 Å². The van der Waals surface area contributed by atoms with E-state index in [0.29, 0.717) is 6.54 Å². The Morgan fingerprint density at radius 2 is 1.82 bits per heavy atom. The van der Waals surface area contributed by atoms with E-state index in [0.717, 1.165) is 36.0 Å². The van der Waals surface area contributed by atoms with Crippen LogP contribution in [-0.4, -0.2) is 28.1 Å². The Morgan fingerprint density at radius 1 is 1.05 bits per heavy atom. The first-order valence-corrected chi connectivity index (χ1v) is 7.84. The van der Waals surface area contributed by atoms with Gasteiger partial charge in [-0.05, 0) is 23.6 Å². The number of aromatic amines is 1. The summed E-state index contributed by atoms with van der Waals surface area (Å²) in [5.74, 6) is 0. The molecular formula is C19H20N2O. The fourth-order valence-corrected chi connectivity index (χ4v) is 3.42. The quantitative estimate of drug-likeness (QED) is 0.778. The van der Waals surface area contributed by atoms with Crippen molar-refractivity contribution in [3.63, 3.8) is 0 Å². The second-order valence-corrected chi connectivity index (χ2v) is 6.06. The van der Waals surface area contributed by atoms with Gasteiger partial charge in [0.2, 0.25) is 0 Å². The average Bonchev–Trinajstić information content (AvgIpc) is 2.99. The molecule has 0 saturated carbocycles. The smallest absolute Gasteiger partial charge is 0.0937 e. The van der Waals surface area contributed by atoms with E-state index in [1.54, 1.807) is 0 Å². The first-order valence-electron chi connectivity index (χ1n) is 7.84. The minimum Gasteiger partial charge on any atom is -0.387 e. The van der Waals surface area contributed by atoms with E-state index >= 15 is 0 Å². The van der Waals surface area contributed by atoms with Gasteiger partial charge < -0.3 is 10.1 Å². The molecule has 1 aliphatic heterocycles. The van der Waals surface area contributed by atoms with Crippen molar-refractivity contribution in [1.82, 2.24) is 9.88 Å². The van der Waals surface area contributed by atoms with Crippen molar-refractivity contribution in [2.24, 2.45) is 0 Å². The molecule has 2 N–H and O–H groups in total. The van der Waals surface area contributed by atoms with Gasteiger partial charge >= 0.3 is 0 Å². The van der Waals surface area contributed by atoms with Crippen molar-refractivity contribution in [2.45, 2.75) is 19.1 Å². The molecule has 1 unspecified atom stereocenters. The first kappa shape index (κ1) is 13.6. The molecule has 2 heterocycles. The summed E-state index contributed by atoms with van der Waals surface area (Å²) in [6, 6.07) is 16.7. The molecule has 3 heteroatoms. The number of para-hydroxylation sites is 1. The van der Waals surface area contributed by atoms with Crippen LogP contribution in [0.25, 0.3) is 10.9 Å². The lowest BCUT2D eigenvalue weighted by molar-refractivity contribution is 0.107. The third-order valence-electron chi connectivity index (χ3n) is 4.62. The Hall–Kier alpha value is -2.10. The van der Waals surface area contributed by atoms with Crippen molar-refractivity contribution < 1.29 is 5.11 Å². The SMILES string of the molecule is OC(CN1CCc2ccccc2C1)c1c[nH]c2ccccc12. The largest absolute Gasteiger partial charge is 0.387 e. The van der Waals surface area contributed by atoms with Gasteiger partial charge in [-0.3, -0.25) is 4.90 Å². The van der Waals surface area contributed by atoms with Crippen LogP contribution in [0.15, 0.2) is 54.7 Å². The molecule has 0 fully saturated rings. The maximum Gasteiger partial charge on any atom is 0.0937 e. The maximum atomic E-state index is 10.6. The van der Waals surface area contributed by atoms with Crippen LogP contribution in [-0.2, 0) is 13.0 Å². The summed E-state index contributed by atoms with van der Waals surface area (Å²) >= 11 is 0. The summed E-state index contributed by atoms with van der Waals surface area (Å²) in [5.41, 5.74) is 4.91. The minimum atomic E-state index is -0.457. The standard InChI is InChI=1S/C19H20N2O/c22-19(17-11-20-18-8-4-3-7-16(17)18)13-21-10-9-14-5-1-2-6-15(14)12-21/h1-8,11,19-20,22H,9-10,12-13H2. The molecule has 1 atom stereocenters. The normalized spacial score (nSPS) is 16.6. The number of hydrogen-bond donors (Lipinski definition) is 2. The summed E-state index contributed by atoms with van der Waals surface area (Å²) in [5, 5.41) is 11.8. The van der Waals surface area contributed by atoms with E-state index in [-0.39, 0.29) is 0 Å². The summed E-state index contributed by atoms with van der Waals surface area (Å²) in [6.07, 6.45) is 2.55. The van der Waals surface area contributed by atoms with Gasteiger partial charge in [0.05, 0.1) is 6.10 Å². The molecule has 0 bridgehead atoms. The maximum absolute atomic E-state index is 10.6. The van der Waals surface area contributed by atoms with E-state index in [2.05, 4.69) is 40.2 Å². The Labute approximate surface area is 130 Å². The van der Waals surface area contributed by atoms with Crippen molar-refractivity contribution in [2.75, 3.05) is 13.1 Å². The highest BCUT2D eigenvalue weighted by molar-refractivity contribution is 5.83. The molecule has 3 aromatic rings. The lowest BCUT2D eigenvalue weighted by Crippen LogP contribution is -2.33. The predicted molar refractivity (Wildman–Crippen MR) is 88.7 cm³/mol. The van der Waals surface area contributed by atoms with Crippen molar-refractivity contribution in [3.05, 3.63) is 71.4 Å². The Balaban J connectivity index is 1.52. The van der Waals surface area contributed by atoms with Gasteiger partial charge in [0.15, 0.2) is 0 Å². The third kappa shape index (κ3) is 2.43. The van der Waals surface area contributed by atoms with Gasteiger partial charge in [-0.2, -0.15) is 0 Å². The zero-order valence-corrected chi connectivity index (χ0v) is 12.5. The van der Waals surface area contributed by atoms with E-state index in [1.807, 2.05) is 24.4 Å². The molecule has 0 saturated heterocycles. The number of aromatic nitrogens is 1. The topological polar surface area (TPSA) is 39.3 Å². The minimum absolute atomic E-state index is 0.457. The van der Waals surface area contributed by atoms with Gasteiger partial charge in [0.25, 0.3) is 0 Å². The van der Waals surface area contributed by atoms with Crippen LogP contribution in [0.3, 0.4) is 0 Å². The molecule has 112 valence electrons. The number of hydrogen-bond acceptors (Lipinski definition) is 2. The Kier molecular flexibility index (Phi) is 3.45. The molecule has 1 aromatic heterocycles. The van der Waals surface area contributed by atoms with Gasteiger partial charge in [-0.25, -0.2) is 0 Å². The van der Waals surface area contributed by atoms with Crippen molar-refractivity contribution >= 4 is 10.9 Å². The summed E-state index contributed by atoms with van der Waals surface area (Å²) in [4.78, 5) is 5.59. The number of β-amino-alcohol motifs (C(OH)–C–C–N with tert-alkyl or cyclic N) is 1. The number of aliphatic hydroxyl groups is 1. The highest BCUT2D eigenvalue weighted by atomic mass is 16.3. The second kappa shape index (κ2) is 5.59. The molecule has 0 spiro atoms. The van der Waals surface area contributed by atoms with Gasteiger partial charge in [0.1, 0.15) is 0 Å². The Bertz CT molecular complexity index is 793. The highest BCUT2D eigenvalue weighted by Gasteiger charge is 2.20. The number of nitrogens with zero attached hydrogens (tertiary/aromatic N) is 1.